The second-order valence-electron chi connectivity index (χ2n) is 14.7. The molecule has 2 aliphatic heterocycles. The molecule has 0 radical (unpaired) electrons. The van der Waals surface area contributed by atoms with Crippen molar-refractivity contribution in [2.75, 3.05) is 25.0 Å². The molecule has 2 atom stereocenters. The lowest BCUT2D eigenvalue weighted by atomic mass is 9.95. The van der Waals surface area contributed by atoms with Crippen LogP contribution >= 0.6 is 22.9 Å². The van der Waals surface area contributed by atoms with Crippen LogP contribution in [0, 0.1) is 23.0 Å². The molecular formula is C35H36ClF3N6O7S. The van der Waals surface area contributed by atoms with Gasteiger partial charge in [-0.15, -0.1) is 11.3 Å². The Balaban J connectivity index is 1.44. The van der Waals surface area contributed by atoms with Crippen LogP contribution < -0.4 is 20.4 Å². The van der Waals surface area contributed by atoms with Crippen LogP contribution in [0.2, 0.25) is 5.02 Å². The summed E-state index contributed by atoms with van der Waals surface area (Å²) in [6.07, 6.45) is -1.14. The zero-order valence-corrected chi connectivity index (χ0v) is 31.2. The molecule has 6 rings (SSSR count). The molecule has 4 heterocycles. The Morgan fingerprint density at radius 1 is 1.13 bits per heavy atom. The van der Waals surface area contributed by atoms with Gasteiger partial charge in [0, 0.05) is 23.9 Å². The number of rotatable bonds is 8. The third-order valence-electron chi connectivity index (χ3n) is 8.49. The van der Waals surface area contributed by atoms with Crippen molar-refractivity contribution in [3.8, 4) is 29.1 Å². The second kappa shape index (κ2) is 14.3. The number of hydrogen-bond acceptors (Lipinski definition) is 12. The highest BCUT2D eigenvalue weighted by atomic mass is 35.5. The third kappa shape index (κ3) is 8.00. The molecule has 0 unspecified atom stereocenters. The average Bonchev–Trinajstić information content (AvgIpc) is 3.69. The summed E-state index contributed by atoms with van der Waals surface area (Å²) in [6, 6.07) is 5.22. The molecule has 2 amide bonds. The number of hydroxylamine groups is 1. The van der Waals surface area contributed by atoms with E-state index in [4.69, 9.17) is 35.7 Å². The normalized spacial score (nSPS) is 18.8. The summed E-state index contributed by atoms with van der Waals surface area (Å²) in [6.45, 7) is 10.8. The fourth-order valence-electron chi connectivity index (χ4n) is 6.54. The minimum absolute atomic E-state index is 0.0100. The summed E-state index contributed by atoms with van der Waals surface area (Å²) in [5.74, 6) is -2.17. The number of carbonyl (C=O) groups is 2. The maximum atomic E-state index is 16.9. The quantitative estimate of drug-likeness (QED) is 0.131. The Morgan fingerprint density at radius 2 is 1.85 bits per heavy atom. The lowest BCUT2D eigenvalue weighted by molar-refractivity contribution is -0.250. The SMILES string of the molecule is CC(C)(C)OC(=O)NOOc1nc(OC[C@@]23CCCN2C[C@H](F)C3)nc2c(F)c(-c3ccc(F)c4sc(NC(=O)OC(C)(C)C)c(C#N)c34)c(Cl)cc12. The summed E-state index contributed by atoms with van der Waals surface area (Å²) in [5.41, 5.74) is -1.15. The molecule has 53 heavy (non-hydrogen) atoms. The van der Waals surface area contributed by atoms with Crippen LogP contribution in [-0.2, 0) is 14.5 Å². The number of amides is 2. The summed E-state index contributed by atoms with van der Waals surface area (Å²) in [4.78, 5) is 45.6. The Bertz CT molecular complexity index is 2150. The topological polar surface area (TPSA) is 157 Å². The van der Waals surface area contributed by atoms with Crippen molar-refractivity contribution in [2.45, 2.75) is 83.7 Å². The monoisotopic (exact) mass is 776 g/mol. The molecule has 0 saturated carbocycles. The van der Waals surface area contributed by atoms with E-state index in [0.717, 1.165) is 23.8 Å². The highest BCUT2D eigenvalue weighted by Crippen LogP contribution is 2.47. The number of halogens is 4. The van der Waals surface area contributed by atoms with Crippen molar-refractivity contribution in [3.05, 3.63) is 40.4 Å². The maximum Gasteiger partial charge on any atom is 0.435 e. The molecule has 2 aliphatic rings. The number of fused-ring (bicyclic) bond motifs is 3. The van der Waals surface area contributed by atoms with Crippen LogP contribution in [0.4, 0.5) is 27.8 Å². The van der Waals surface area contributed by atoms with E-state index in [0.29, 0.717) is 13.0 Å². The number of hydrogen-bond donors (Lipinski definition) is 2. The number of thiophene rings is 1. The second-order valence-corrected chi connectivity index (χ2v) is 16.2. The van der Waals surface area contributed by atoms with Crippen LogP contribution in [0.15, 0.2) is 18.2 Å². The molecule has 4 aromatic rings. The van der Waals surface area contributed by atoms with Crippen LogP contribution in [-0.4, -0.2) is 69.7 Å². The highest BCUT2D eigenvalue weighted by Gasteiger charge is 2.49. The number of aromatic nitrogens is 2. The molecule has 0 aliphatic carbocycles. The first-order chi connectivity index (χ1) is 24.9. The van der Waals surface area contributed by atoms with Crippen LogP contribution in [0.25, 0.3) is 32.1 Å². The fraction of sp³-hybridized carbons (Fsp3) is 0.457. The van der Waals surface area contributed by atoms with Crippen molar-refractivity contribution < 1.29 is 46.8 Å². The number of nitriles is 1. The van der Waals surface area contributed by atoms with Crippen molar-refractivity contribution in [3.63, 3.8) is 0 Å². The van der Waals surface area contributed by atoms with Gasteiger partial charge in [0.2, 0.25) is 0 Å². The summed E-state index contributed by atoms with van der Waals surface area (Å²) < 4.78 is 63.1. The van der Waals surface area contributed by atoms with E-state index >= 15 is 8.78 Å². The molecule has 2 N–H and O–H groups in total. The van der Waals surface area contributed by atoms with E-state index in [1.54, 1.807) is 41.5 Å². The third-order valence-corrected chi connectivity index (χ3v) is 9.90. The van der Waals surface area contributed by atoms with Gasteiger partial charge in [0.1, 0.15) is 46.4 Å². The van der Waals surface area contributed by atoms with Crippen molar-refractivity contribution in [1.29, 1.82) is 5.26 Å². The molecule has 18 heteroatoms. The average molecular weight is 777 g/mol. The first-order valence-corrected chi connectivity index (χ1v) is 17.8. The van der Waals surface area contributed by atoms with Gasteiger partial charge < -0.3 is 14.2 Å². The van der Waals surface area contributed by atoms with Gasteiger partial charge in [-0.3, -0.25) is 15.1 Å². The lowest BCUT2D eigenvalue weighted by Crippen LogP contribution is -2.43. The van der Waals surface area contributed by atoms with E-state index in [-0.39, 0.29) is 73.3 Å². The predicted molar refractivity (Wildman–Crippen MR) is 189 cm³/mol. The van der Waals surface area contributed by atoms with Gasteiger partial charge in [-0.25, -0.2) is 22.8 Å². The zero-order valence-electron chi connectivity index (χ0n) is 29.6. The molecule has 2 saturated heterocycles. The lowest BCUT2D eigenvalue weighted by Gasteiger charge is -2.30. The molecule has 2 fully saturated rings. The molecule has 282 valence electrons. The van der Waals surface area contributed by atoms with Crippen molar-refractivity contribution in [2.24, 2.45) is 0 Å². The van der Waals surface area contributed by atoms with Gasteiger partial charge in [0.25, 0.3) is 5.88 Å². The molecule has 2 aromatic carbocycles. The number of benzene rings is 2. The predicted octanol–water partition coefficient (Wildman–Crippen LogP) is 8.37. The first kappa shape index (κ1) is 38.1. The Labute approximate surface area is 311 Å². The van der Waals surface area contributed by atoms with Gasteiger partial charge in [0.15, 0.2) is 5.82 Å². The molecule has 13 nitrogen and oxygen atoms in total. The summed E-state index contributed by atoms with van der Waals surface area (Å²) in [5, 5.41) is 12.3. The van der Waals surface area contributed by atoms with Crippen molar-refractivity contribution in [1.82, 2.24) is 20.3 Å². The van der Waals surface area contributed by atoms with Crippen LogP contribution in [0.5, 0.6) is 11.9 Å². The molecule has 0 bridgehead atoms. The minimum Gasteiger partial charge on any atom is -0.461 e. The number of nitrogens with one attached hydrogen (secondary N) is 2. The molecule has 0 spiro atoms. The highest BCUT2D eigenvalue weighted by molar-refractivity contribution is 7.23. The van der Waals surface area contributed by atoms with E-state index in [1.165, 1.54) is 12.1 Å². The number of alkyl halides is 1. The maximum absolute atomic E-state index is 16.9. The Morgan fingerprint density at radius 3 is 2.55 bits per heavy atom. The smallest absolute Gasteiger partial charge is 0.435 e. The largest absolute Gasteiger partial charge is 0.461 e. The van der Waals surface area contributed by atoms with Gasteiger partial charge in [-0.2, -0.15) is 20.7 Å². The van der Waals surface area contributed by atoms with Gasteiger partial charge >= 0.3 is 18.2 Å². The number of nitrogens with zero attached hydrogens (tertiary/aromatic N) is 4. The first-order valence-electron chi connectivity index (χ1n) is 16.6. The Kier molecular flexibility index (Phi) is 10.3. The van der Waals surface area contributed by atoms with Gasteiger partial charge in [-0.05, 0) is 78.6 Å². The Hall–Kier alpha value is -4.63. The van der Waals surface area contributed by atoms with E-state index < -0.39 is 52.6 Å². The summed E-state index contributed by atoms with van der Waals surface area (Å²) >= 11 is 7.48. The van der Waals surface area contributed by atoms with Crippen molar-refractivity contribution >= 4 is 61.1 Å². The van der Waals surface area contributed by atoms with E-state index in [2.05, 4.69) is 15.3 Å². The van der Waals surface area contributed by atoms with Gasteiger partial charge in [-0.1, -0.05) is 22.7 Å². The van der Waals surface area contributed by atoms with Gasteiger partial charge in [0.05, 0.1) is 26.2 Å². The van der Waals surface area contributed by atoms with E-state index in [1.807, 2.05) is 16.4 Å². The standard InChI is InChI=1S/C35H36ClF3N6O7S/c1-33(2,3)49-31(46)43-29-20(14-40)23-18(8-9-22(38)27(23)53-29)24-21(36)12-19-26(25(24)39)41-30(42-28(19)51-52-44-32(47)50-34(4,5)6)48-16-35-10-7-11-45(35)15-17(37)13-35/h8-9,12,17H,7,10-11,13,15-16H2,1-6H3,(H,43,46)(H,44,47)/t17-,35+/m1/s1. The van der Waals surface area contributed by atoms with E-state index in [9.17, 15) is 19.2 Å². The number of ether oxygens (including phenoxy) is 3. The van der Waals surface area contributed by atoms with Crippen LogP contribution in [0.1, 0.15) is 66.4 Å². The molecular weight excluding hydrogens is 741 g/mol. The van der Waals surface area contributed by atoms with Crippen LogP contribution in [0.3, 0.4) is 0 Å². The number of carbonyl (C=O) groups excluding carboxylic acids is 2. The fourth-order valence-corrected chi connectivity index (χ4v) is 7.90. The zero-order chi connectivity index (χ0) is 38.5. The molecule has 2 aromatic heterocycles. The number of anilines is 1. The minimum atomic E-state index is -1.03. The summed E-state index contributed by atoms with van der Waals surface area (Å²) in [7, 11) is 0.